The molecule has 2 aromatic carbocycles. The van der Waals surface area contributed by atoms with Gasteiger partial charge in [-0.05, 0) is 74.9 Å². The third kappa shape index (κ3) is 19.0. The van der Waals surface area contributed by atoms with Gasteiger partial charge in [0.05, 0.1) is 50.7 Å². The Kier molecular flexibility index (Phi) is 20.8. The minimum absolute atomic E-state index is 0.0856. The van der Waals surface area contributed by atoms with Crippen LogP contribution in [0.2, 0.25) is 0 Å². The summed E-state index contributed by atoms with van der Waals surface area (Å²) in [6.07, 6.45) is 2.67. The lowest BCUT2D eigenvalue weighted by Gasteiger charge is -2.25. The highest BCUT2D eigenvalue weighted by atomic mass is 16.6. The Hall–Kier alpha value is -6.32. The lowest BCUT2D eigenvalue weighted by Crippen LogP contribution is -2.30. The van der Waals surface area contributed by atoms with Crippen LogP contribution in [-0.2, 0) is 79.6 Å². The van der Waals surface area contributed by atoms with Gasteiger partial charge < -0.3 is 37.9 Å². The molecule has 16 nitrogen and oxygen atoms in total. The first-order valence-electron chi connectivity index (χ1n) is 19.6. The molecular weight excluding hydrogens is 784 g/mol. The van der Waals surface area contributed by atoms with E-state index >= 15 is 0 Å². The normalized spacial score (nSPS) is 15.4. The first-order valence-corrected chi connectivity index (χ1v) is 19.6. The summed E-state index contributed by atoms with van der Waals surface area (Å²) in [4.78, 5) is 95.8. The monoisotopic (exact) mass is 836 g/mol. The standard InChI is InChI=1S/C44H52O16/c1-5-37(45)55-27-30(4)58-42(50)22-21-40(48)54-26-24-32-9-17-36(18-10-32)60-44(52)34-13-11-33(12-14-34)43(51)59-35-15-7-31(8-16-35)23-25-53-39(47)19-20-41(49)56-28-29(3)57-38(46)6-2/h5-10,15-18,29-30,33-34H,1-2,11-14,19-28H2,3-4H3. The molecule has 1 aliphatic carbocycles. The van der Waals surface area contributed by atoms with Crippen molar-refractivity contribution in [1.29, 1.82) is 0 Å². The van der Waals surface area contributed by atoms with E-state index in [1.807, 2.05) is 0 Å². The Morgan fingerprint density at radius 1 is 0.533 bits per heavy atom. The molecule has 0 spiro atoms. The second-order valence-corrected chi connectivity index (χ2v) is 13.9. The fraction of sp³-hybridized carbons (Fsp3) is 0.455. The zero-order valence-corrected chi connectivity index (χ0v) is 33.9. The van der Waals surface area contributed by atoms with Crippen molar-refractivity contribution in [2.24, 2.45) is 11.8 Å². The lowest BCUT2D eigenvalue weighted by atomic mass is 9.82. The summed E-state index contributed by atoms with van der Waals surface area (Å²) < 4.78 is 41.3. The molecule has 0 aliphatic heterocycles. The van der Waals surface area contributed by atoms with E-state index in [0.717, 1.165) is 23.3 Å². The Bertz CT molecular complexity index is 1790. The van der Waals surface area contributed by atoms with Gasteiger partial charge in [0, 0.05) is 25.0 Å². The molecule has 1 fully saturated rings. The zero-order valence-electron chi connectivity index (χ0n) is 33.9. The molecule has 0 saturated heterocycles. The first kappa shape index (κ1) is 48.1. The number of benzene rings is 2. The van der Waals surface area contributed by atoms with Crippen molar-refractivity contribution in [3.8, 4) is 11.5 Å². The van der Waals surface area contributed by atoms with Crippen LogP contribution in [0.4, 0.5) is 0 Å². The van der Waals surface area contributed by atoms with Gasteiger partial charge in [0.1, 0.15) is 36.9 Å². The van der Waals surface area contributed by atoms with Gasteiger partial charge >= 0.3 is 47.8 Å². The summed E-state index contributed by atoms with van der Waals surface area (Å²) in [5, 5.41) is 0. The summed E-state index contributed by atoms with van der Waals surface area (Å²) in [5.41, 5.74) is 1.68. The van der Waals surface area contributed by atoms with Gasteiger partial charge in [-0.3, -0.25) is 28.8 Å². The van der Waals surface area contributed by atoms with Gasteiger partial charge in [-0.25, -0.2) is 9.59 Å². The fourth-order valence-corrected chi connectivity index (χ4v) is 5.67. The smallest absolute Gasteiger partial charge is 0.330 e. The number of carbonyl (C=O) groups is 8. The van der Waals surface area contributed by atoms with E-state index in [1.54, 1.807) is 62.4 Å². The van der Waals surface area contributed by atoms with E-state index in [-0.39, 0.29) is 75.9 Å². The maximum atomic E-state index is 12.9. The molecule has 2 atom stereocenters. The number of esters is 8. The van der Waals surface area contributed by atoms with Crippen LogP contribution in [0.15, 0.2) is 73.8 Å². The van der Waals surface area contributed by atoms with Gasteiger partial charge in [0.2, 0.25) is 0 Å². The predicted molar refractivity (Wildman–Crippen MR) is 211 cm³/mol. The predicted octanol–water partition coefficient (Wildman–Crippen LogP) is 5.06. The Balaban J connectivity index is 1.26. The highest BCUT2D eigenvalue weighted by Crippen LogP contribution is 2.31. The number of hydrogen-bond acceptors (Lipinski definition) is 16. The Morgan fingerprint density at radius 3 is 1.35 bits per heavy atom. The SMILES string of the molecule is C=CC(=O)OCC(C)OC(=O)CCC(=O)OCCc1ccc(OC(=O)C2CCC(C(=O)Oc3ccc(CCOC(=O)CCC(=O)OCC(C)OC(=O)C=C)cc3)CC2)cc1. The molecule has 1 aliphatic rings. The summed E-state index contributed by atoms with van der Waals surface area (Å²) in [5.74, 6) is -4.39. The Morgan fingerprint density at radius 2 is 0.917 bits per heavy atom. The molecule has 0 N–H and O–H groups in total. The molecule has 2 unspecified atom stereocenters. The van der Waals surface area contributed by atoms with E-state index in [2.05, 4.69) is 13.2 Å². The largest absolute Gasteiger partial charge is 0.465 e. The van der Waals surface area contributed by atoms with Crippen molar-refractivity contribution < 1.29 is 76.3 Å². The second kappa shape index (κ2) is 25.9. The number of carbonyl (C=O) groups excluding carboxylic acids is 8. The summed E-state index contributed by atoms with van der Waals surface area (Å²) >= 11 is 0. The molecule has 2 aromatic rings. The summed E-state index contributed by atoms with van der Waals surface area (Å²) in [6, 6.07) is 13.6. The van der Waals surface area contributed by atoms with Gasteiger partial charge in [-0.2, -0.15) is 0 Å². The fourth-order valence-electron chi connectivity index (χ4n) is 5.67. The molecule has 16 heteroatoms. The molecule has 1 saturated carbocycles. The van der Waals surface area contributed by atoms with Gasteiger partial charge in [-0.1, -0.05) is 37.4 Å². The highest BCUT2D eigenvalue weighted by molar-refractivity contribution is 5.82. The third-order valence-electron chi connectivity index (χ3n) is 8.97. The van der Waals surface area contributed by atoms with Crippen molar-refractivity contribution in [1.82, 2.24) is 0 Å². The van der Waals surface area contributed by atoms with E-state index in [4.69, 9.17) is 37.9 Å². The molecule has 0 radical (unpaired) electrons. The van der Waals surface area contributed by atoms with E-state index in [1.165, 1.54) is 0 Å². The number of rotatable bonds is 24. The average Bonchev–Trinajstić information content (AvgIpc) is 3.24. The molecule has 324 valence electrons. The van der Waals surface area contributed by atoms with Crippen LogP contribution >= 0.6 is 0 Å². The molecule has 0 bridgehead atoms. The van der Waals surface area contributed by atoms with Crippen molar-refractivity contribution >= 4 is 47.8 Å². The van der Waals surface area contributed by atoms with E-state index in [9.17, 15) is 38.4 Å². The number of hydrogen-bond donors (Lipinski definition) is 0. The number of ether oxygens (including phenoxy) is 8. The van der Waals surface area contributed by atoms with Crippen molar-refractivity contribution in [2.75, 3.05) is 26.4 Å². The lowest BCUT2D eigenvalue weighted by molar-refractivity contribution is -0.157. The molecular formula is C44H52O16. The van der Waals surface area contributed by atoms with E-state index < -0.39 is 48.0 Å². The minimum Gasteiger partial charge on any atom is -0.465 e. The zero-order chi connectivity index (χ0) is 43.9. The second-order valence-electron chi connectivity index (χ2n) is 13.9. The van der Waals surface area contributed by atoms with Crippen molar-refractivity contribution in [2.45, 2.75) is 90.3 Å². The van der Waals surface area contributed by atoms with Crippen molar-refractivity contribution in [3.63, 3.8) is 0 Å². The van der Waals surface area contributed by atoms with E-state index in [0.29, 0.717) is 50.0 Å². The third-order valence-corrected chi connectivity index (χ3v) is 8.97. The Labute approximate surface area is 348 Å². The summed E-state index contributed by atoms with van der Waals surface area (Å²) in [7, 11) is 0. The van der Waals surface area contributed by atoms with Crippen molar-refractivity contribution in [3.05, 3.63) is 85.0 Å². The topological polar surface area (TPSA) is 210 Å². The van der Waals surface area contributed by atoms with Crippen LogP contribution in [0, 0.1) is 11.8 Å². The molecule has 3 rings (SSSR count). The average molecular weight is 837 g/mol. The molecule has 0 aromatic heterocycles. The highest BCUT2D eigenvalue weighted by Gasteiger charge is 2.32. The maximum Gasteiger partial charge on any atom is 0.330 e. The van der Waals surface area contributed by atoms with Crippen LogP contribution in [0.3, 0.4) is 0 Å². The van der Waals surface area contributed by atoms with Crippen LogP contribution in [0.1, 0.15) is 76.3 Å². The first-order chi connectivity index (χ1) is 28.7. The van der Waals surface area contributed by atoms with Gasteiger partial charge in [0.25, 0.3) is 0 Å². The van der Waals surface area contributed by atoms with Gasteiger partial charge in [-0.15, -0.1) is 0 Å². The minimum atomic E-state index is -0.673. The quantitative estimate of drug-likeness (QED) is 0.0586. The van der Waals surface area contributed by atoms with Crippen LogP contribution in [-0.4, -0.2) is 86.4 Å². The maximum absolute atomic E-state index is 12.9. The van der Waals surface area contributed by atoms with Crippen LogP contribution in [0.5, 0.6) is 11.5 Å². The molecule has 0 amide bonds. The van der Waals surface area contributed by atoms with Gasteiger partial charge in [0.15, 0.2) is 0 Å². The summed E-state index contributed by atoms with van der Waals surface area (Å²) in [6.45, 7) is 9.58. The molecule has 0 heterocycles. The van der Waals surface area contributed by atoms with Crippen LogP contribution in [0.25, 0.3) is 0 Å². The molecule has 60 heavy (non-hydrogen) atoms. The van der Waals surface area contributed by atoms with Crippen LogP contribution < -0.4 is 9.47 Å².